The normalized spacial score (nSPS) is 12.5. The van der Waals surface area contributed by atoms with Crippen LogP contribution in [0.3, 0.4) is 0 Å². The second-order valence-corrected chi connectivity index (χ2v) is 5.37. The molecule has 1 N–H and O–H groups in total. The number of rotatable bonds is 1. The predicted octanol–water partition coefficient (Wildman–Crippen LogP) is 4.56. The van der Waals surface area contributed by atoms with Crippen molar-refractivity contribution in [3.05, 3.63) is 78.0 Å². The zero-order chi connectivity index (χ0) is 14.9. The van der Waals surface area contributed by atoms with Crippen LogP contribution >= 0.6 is 0 Å². The molecule has 22 heavy (non-hydrogen) atoms. The Kier molecular flexibility index (Phi) is 2.97. The van der Waals surface area contributed by atoms with Gasteiger partial charge in [0.05, 0.1) is 17.1 Å². The van der Waals surface area contributed by atoms with Crippen LogP contribution in [0.2, 0.25) is 0 Å². The van der Waals surface area contributed by atoms with E-state index in [1.807, 2.05) is 36.5 Å². The van der Waals surface area contributed by atoms with E-state index in [4.69, 9.17) is 4.99 Å². The lowest BCUT2D eigenvalue weighted by molar-refractivity contribution is 1.33. The average molecular weight is 285 g/mol. The Morgan fingerprint density at radius 2 is 1.68 bits per heavy atom. The summed E-state index contributed by atoms with van der Waals surface area (Å²) in [6.07, 6.45) is 1.81. The lowest BCUT2D eigenvalue weighted by Gasteiger charge is -2.10. The zero-order valence-electron chi connectivity index (χ0n) is 12.2. The van der Waals surface area contributed by atoms with Crippen LogP contribution in [0.25, 0.3) is 11.3 Å². The largest absolute Gasteiger partial charge is 0.338 e. The number of fused-ring (bicyclic) bond motifs is 3. The topological polar surface area (TPSA) is 37.3 Å². The number of para-hydroxylation sites is 1. The number of aliphatic imine (C=N–C) groups is 1. The summed E-state index contributed by atoms with van der Waals surface area (Å²) in [5.41, 5.74) is 6.20. The molecule has 106 valence electrons. The van der Waals surface area contributed by atoms with Gasteiger partial charge < -0.3 is 5.32 Å². The number of hydrogen-bond donors (Lipinski definition) is 1. The van der Waals surface area contributed by atoms with Crippen LogP contribution in [0.15, 0.2) is 71.9 Å². The molecule has 0 fully saturated rings. The summed E-state index contributed by atoms with van der Waals surface area (Å²) in [5.74, 6) is 0.846. The van der Waals surface area contributed by atoms with E-state index < -0.39 is 0 Å². The standard InChI is InChI=1S/C19H15N3/c1-13-8-10-14(11-9-13)19-21-16-6-3-2-5-15(16)18-17(22-19)7-4-12-20-18/h2-12H,1H3,(H,21,22). The van der Waals surface area contributed by atoms with E-state index in [1.54, 1.807) is 0 Å². The predicted molar refractivity (Wildman–Crippen MR) is 90.7 cm³/mol. The number of anilines is 1. The highest BCUT2D eigenvalue weighted by Gasteiger charge is 2.17. The highest BCUT2D eigenvalue weighted by Crippen LogP contribution is 2.36. The monoisotopic (exact) mass is 285 g/mol. The molecule has 0 spiro atoms. The lowest BCUT2D eigenvalue weighted by Crippen LogP contribution is -2.13. The third-order valence-corrected chi connectivity index (χ3v) is 3.78. The third-order valence-electron chi connectivity index (χ3n) is 3.78. The Hall–Kier alpha value is -2.94. The van der Waals surface area contributed by atoms with Crippen molar-refractivity contribution in [2.75, 3.05) is 5.32 Å². The molecule has 0 saturated heterocycles. The molecule has 0 unspecified atom stereocenters. The van der Waals surface area contributed by atoms with Gasteiger partial charge in [-0.3, -0.25) is 4.98 Å². The van der Waals surface area contributed by atoms with Crippen LogP contribution in [-0.2, 0) is 0 Å². The molecule has 2 aromatic carbocycles. The van der Waals surface area contributed by atoms with Crippen molar-refractivity contribution in [1.29, 1.82) is 0 Å². The maximum atomic E-state index is 4.82. The Labute approximate surface area is 129 Å². The van der Waals surface area contributed by atoms with Gasteiger partial charge in [-0.2, -0.15) is 0 Å². The molecule has 3 heteroatoms. The number of aryl methyl sites for hydroxylation is 1. The number of amidine groups is 1. The van der Waals surface area contributed by atoms with Gasteiger partial charge in [0.1, 0.15) is 5.84 Å². The van der Waals surface area contributed by atoms with E-state index in [1.165, 1.54) is 5.56 Å². The Morgan fingerprint density at radius 1 is 0.864 bits per heavy atom. The number of pyridine rings is 1. The van der Waals surface area contributed by atoms with E-state index in [2.05, 4.69) is 47.6 Å². The van der Waals surface area contributed by atoms with Crippen LogP contribution in [0, 0.1) is 6.92 Å². The quantitative estimate of drug-likeness (QED) is 0.711. The summed E-state index contributed by atoms with van der Waals surface area (Å²) < 4.78 is 0. The van der Waals surface area contributed by atoms with Gasteiger partial charge in [0.25, 0.3) is 0 Å². The first-order valence-electron chi connectivity index (χ1n) is 7.28. The van der Waals surface area contributed by atoms with Gasteiger partial charge in [-0.25, -0.2) is 4.99 Å². The van der Waals surface area contributed by atoms with E-state index >= 15 is 0 Å². The Balaban J connectivity index is 1.93. The minimum Gasteiger partial charge on any atom is -0.338 e. The molecule has 1 aromatic heterocycles. The van der Waals surface area contributed by atoms with Crippen LogP contribution in [0.5, 0.6) is 0 Å². The lowest BCUT2D eigenvalue weighted by atomic mass is 10.1. The van der Waals surface area contributed by atoms with Crippen molar-refractivity contribution < 1.29 is 0 Å². The van der Waals surface area contributed by atoms with Gasteiger partial charge in [0.15, 0.2) is 0 Å². The summed E-state index contributed by atoms with van der Waals surface area (Å²) in [6.45, 7) is 2.08. The van der Waals surface area contributed by atoms with E-state index in [9.17, 15) is 0 Å². The first kappa shape index (κ1) is 12.8. The molecule has 0 radical (unpaired) electrons. The molecule has 1 aliphatic heterocycles. The fourth-order valence-electron chi connectivity index (χ4n) is 2.62. The minimum atomic E-state index is 0.846. The van der Waals surface area contributed by atoms with Crippen LogP contribution in [-0.4, -0.2) is 10.8 Å². The van der Waals surface area contributed by atoms with Crippen molar-refractivity contribution in [2.24, 2.45) is 4.99 Å². The Morgan fingerprint density at radius 3 is 2.55 bits per heavy atom. The van der Waals surface area contributed by atoms with Crippen molar-refractivity contribution in [2.45, 2.75) is 6.92 Å². The number of benzene rings is 2. The van der Waals surface area contributed by atoms with Gasteiger partial charge in [-0.1, -0.05) is 48.0 Å². The van der Waals surface area contributed by atoms with Crippen LogP contribution < -0.4 is 5.32 Å². The van der Waals surface area contributed by atoms with Gasteiger partial charge in [0.2, 0.25) is 0 Å². The summed E-state index contributed by atoms with van der Waals surface area (Å²) in [4.78, 5) is 9.35. The molecular weight excluding hydrogens is 270 g/mol. The molecule has 3 nitrogen and oxygen atoms in total. The Bertz CT molecular complexity index is 864. The number of nitrogens with zero attached hydrogens (tertiary/aromatic N) is 2. The second kappa shape index (κ2) is 5.11. The van der Waals surface area contributed by atoms with Crippen molar-refractivity contribution in [3.63, 3.8) is 0 Å². The second-order valence-electron chi connectivity index (χ2n) is 5.37. The zero-order valence-corrected chi connectivity index (χ0v) is 12.2. The summed E-state index contributed by atoms with van der Waals surface area (Å²) >= 11 is 0. The van der Waals surface area contributed by atoms with Crippen LogP contribution in [0.1, 0.15) is 11.1 Å². The molecule has 0 amide bonds. The van der Waals surface area contributed by atoms with Crippen molar-refractivity contribution >= 4 is 17.2 Å². The van der Waals surface area contributed by atoms with Gasteiger partial charge >= 0.3 is 0 Å². The number of hydrogen-bond acceptors (Lipinski definition) is 3. The summed E-state index contributed by atoms with van der Waals surface area (Å²) in [6, 6.07) is 20.4. The number of nitrogens with one attached hydrogen (secondary N) is 1. The molecule has 2 heterocycles. The summed E-state index contributed by atoms with van der Waals surface area (Å²) in [5, 5.41) is 3.43. The highest BCUT2D eigenvalue weighted by molar-refractivity contribution is 6.12. The first-order valence-corrected chi connectivity index (χ1v) is 7.28. The fraction of sp³-hybridized carbons (Fsp3) is 0.0526. The molecule has 3 aromatic rings. The third kappa shape index (κ3) is 2.17. The van der Waals surface area contributed by atoms with E-state index in [0.717, 1.165) is 34.0 Å². The van der Waals surface area contributed by atoms with E-state index in [-0.39, 0.29) is 0 Å². The SMILES string of the molecule is Cc1ccc(C2=Nc3ccccc3-c3ncccc3N2)cc1. The fourth-order valence-corrected chi connectivity index (χ4v) is 2.62. The van der Waals surface area contributed by atoms with Gasteiger partial charge in [0, 0.05) is 17.3 Å². The minimum absolute atomic E-state index is 0.846. The smallest absolute Gasteiger partial charge is 0.138 e. The molecule has 0 bridgehead atoms. The average Bonchev–Trinajstić information content (AvgIpc) is 2.72. The maximum absolute atomic E-state index is 4.82. The number of aromatic nitrogens is 1. The maximum Gasteiger partial charge on any atom is 0.138 e. The van der Waals surface area contributed by atoms with E-state index in [0.29, 0.717) is 0 Å². The molecular formula is C19H15N3. The van der Waals surface area contributed by atoms with Crippen LogP contribution in [0.4, 0.5) is 11.4 Å². The molecule has 4 rings (SSSR count). The molecule has 0 saturated carbocycles. The van der Waals surface area contributed by atoms with Gasteiger partial charge in [-0.05, 0) is 25.1 Å². The molecule has 0 atom stereocenters. The molecule has 1 aliphatic rings. The molecule has 0 aliphatic carbocycles. The van der Waals surface area contributed by atoms with Crippen molar-refractivity contribution in [1.82, 2.24) is 4.98 Å². The highest BCUT2D eigenvalue weighted by atomic mass is 15.0. The summed E-state index contributed by atoms with van der Waals surface area (Å²) in [7, 11) is 0. The van der Waals surface area contributed by atoms with Gasteiger partial charge in [-0.15, -0.1) is 0 Å². The van der Waals surface area contributed by atoms with Crippen molar-refractivity contribution in [3.8, 4) is 11.3 Å². The first-order chi connectivity index (χ1) is 10.8.